The summed E-state index contributed by atoms with van der Waals surface area (Å²) in [5.41, 5.74) is 4.43. The van der Waals surface area contributed by atoms with E-state index in [-0.39, 0.29) is 11.8 Å². The van der Waals surface area contributed by atoms with Crippen molar-refractivity contribution in [2.45, 2.75) is 58.3 Å². The van der Waals surface area contributed by atoms with Crippen molar-refractivity contribution >= 4 is 11.8 Å². The summed E-state index contributed by atoms with van der Waals surface area (Å²) in [5, 5.41) is 0. The number of rotatable bonds is 5. The van der Waals surface area contributed by atoms with E-state index in [1.807, 2.05) is 19.0 Å². The minimum atomic E-state index is -0.467. The van der Waals surface area contributed by atoms with Crippen molar-refractivity contribution in [3.63, 3.8) is 0 Å². The molecule has 0 N–H and O–H groups in total. The first-order valence-electron chi connectivity index (χ1n) is 12.6. The zero-order valence-corrected chi connectivity index (χ0v) is 20.5. The van der Waals surface area contributed by atoms with Crippen LogP contribution >= 0.6 is 0 Å². The summed E-state index contributed by atoms with van der Waals surface area (Å²) >= 11 is 0. The number of carbonyl (C=O) groups is 2. The SMILES string of the molecule is Cc1ccccc1-c1ccccc1CC1(C(=O)N(C)C)CCN(C(=O)C2CCCCC2)CC1. The van der Waals surface area contributed by atoms with E-state index >= 15 is 0 Å². The smallest absolute Gasteiger partial charge is 0.228 e. The van der Waals surface area contributed by atoms with E-state index in [1.54, 1.807) is 4.90 Å². The fourth-order valence-electron chi connectivity index (χ4n) is 5.88. The normalized spacial score (nSPS) is 18.7. The topological polar surface area (TPSA) is 40.6 Å². The third-order valence-corrected chi connectivity index (χ3v) is 7.83. The Morgan fingerprint density at radius 3 is 2.15 bits per heavy atom. The predicted octanol–water partition coefficient (Wildman–Crippen LogP) is 5.48. The number of aryl methyl sites for hydroxylation is 1. The van der Waals surface area contributed by atoms with Gasteiger partial charge in [-0.2, -0.15) is 0 Å². The average Bonchev–Trinajstić information content (AvgIpc) is 2.85. The maximum Gasteiger partial charge on any atom is 0.228 e. The van der Waals surface area contributed by atoms with Crippen molar-refractivity contribution in [3.8, 4) is 11.1 Å². The van der Waals surface area contributed by atoms with Crippen molar-refractivity contribution in [3.05, 3.63) is 59.7 Å². The zero-order chi connectivity index (χ0) is 23.4. The Labute approximate surface area is 199 Å². The molecule has 1 aliphatic carbocycles. The lowest BCUT2D eigenvalue weighted by molar-refractivity contribution is -0.148. The second-order valence-corrected chi connectivity index (χ2v) is 10.3. The molecular formula is C29H38N2O2. The number of likely N-dealkylation sites (tertiary alicyclic amines) is 1. The van der Waals surface area contributed by atoms with Crippen LogP contribution in [0.25, 0.3) is 11.1 Å². The quantitative estimate of drug-likeness (QED) is 0.610. The zero-order valence-electron chi connectivity index (χ0n) is 20.5. The maximum atomic E-state index is 13.5. The molecule has 0 atom stereocenters. The number of carbonyl (C=O) groups excluding carboxylic acids is 2. The van der Waals surface area contributed by atoms with E-state index in [1.165, 1.54) is 41.5 Å². The van der Waals surface area contributed by atoms with Crippen LogP contribution in [0.1, 0.15) is 56.1 Å². The van der Waals surface area contributed by atoms with Crippen molar-refractivity contribution in [1.82, 2.24) is 9.80 Å². The highest BCUT2D eigenvalue weighted by Crippen LogP contribution is 2.40. The minimum Gasteiger partial charge on any atom is -0.348 e. The number of hydrogen-bond acceptors (Lipinski definition) is 2. The molecule has 1 heterocycles. The lowest BCUT2D eigenvalue weighted by atomic mass is 9.71. The standard InChI is InChI=1S/C29H38N2O2/c1-22-11-7-9-15-25(22)26-16-10-8-14-24(26)21-29(28(33)30(2)3)17-19-31(20-18-29)27(32)23-12-5-4-6-13-23/h7-11,14-16,23H,4-6,12-13,17-21H2,1-3H3. The first-order valence-corrected chi connectivity index (χ1v) is 12.6. The second kappa shape index (κ2) is 10.1. The van der Waals surface area contributed by atoms with Crippen molar-refractivity contribution < 1.29 is 9.59 Å². The van der Waals surface area contributed by atoms with E-state index in [0.717, 1.165) is 25.7 Å². The summed E-state index contributed by atoms with van der Waals surface area (Å²) in [7, 11) is 3.72. The Hall–Kier alpha value is -2.62. The molecule has 2 fully saturated rings. The van der Waals surface area contributed by atoms with Gasteiger partial charge in [-0.15, -0.1) is 0 Å². The van der Waals surface area contributed by atoms with E-state index in [0.29, 0.717) is 25.4 Å². The molecule has 1 aliphatic heterocycles. The molecule has 2 aromatic carbocycles. The monoisotopic (exact) mass is 446 g/mol. The van der Waals surface area contributed by atoms with Gasteiger partial charge in [-0.25, -0.2) is 0 Å². The van der Waals surface area contributed by atoms with Gasteiger partial charge in [-0.3, -0.25) is 9.59 Å². The third-order valence-electron chi connectivity index (χ3n) is 7.83. The number of nitrogens with zero attached hydrogens (tertiary/aromatic N) is 2. The van der Waals surface area contributed by atoms with Gasteiger partial charge in [0, 0.05) is 33.1 Å². The average molecular weight is 447 g/mol. The molecule has 176 valence electrons. The molecule has 2 aromatic rings. The summed E-state index contributed by atoms with van der Waals surface area (Å²) in [6, 6.07) is 17.0. The van der Waals surface area contributed by atoms with Gasteiger partial charge in [0.1, 0.15) is 0 Å². The molecule has 0 bridgehead atoms. The lowest BCUT2D eigenvalue weighted by Gasteiger charge is -2.43. The lowest BCUT2D eigenvalue weighted by Crippen LogP contribution is -2.52. The summed E-state index contributed by atoms with van der Waals surface area (Å²) in [6.07, 6.45) is 7.81. The van der Waals surface area contributed by atoms with Gasteiger partial charge in [-0.05, 0) is 61.3 Å². The Morgan fingerprint density at radius 1 is 0.909 bits per heavy atom. The number of benzene rings is 2. The summed E-state index contributed by atoms with van der Waals surface area (Å²) < 4.78 is 0. The molecule has 1 saturated heterocycles. The van der Waals surface area contributed by atoms with Crippen LogP contribution in [-0.4, -0.2) is 48.8 Å². The molecule has 0 unspecified atom stereocenters. The molecule has 33 heavy (non-hydrogen) atoms. The minimum absolute atomic E-state index is 0.187. The van der Waals surface area contributed by atoms with Crippen LogP contribution in [0, 0.1) is 18.3 Å². The number of amides is 2. The molecule has 2 amide bonds. The first kappa shape index (κ1) is 23.5. The van der Waals surface area contributed by atoms with Gasteiger partial charge in [0.25, 0.3) is 0 Å². The van der Waals surface area contributed by atoms with Crippen LogP contribution in [0.2, 0.25) is 0 Å². The Kier molecular flexibility index (Phi) is 7.21. The second-order valence-electron chi connectivity index (χ2n) is 10.3. The highest BCUT2D eigenvalue weighted by atomic mass is 16.2. The Bertz CT molecular complexity index is 983. The summed E-state index contributed by atoms with van der Waals surface area (Å²) in [6.45, 7) is 3.51. The number of piperidine rings is 1. The van der Waals surface area contributed by atoms with Gasteiger partial charge in [-0.1, -0.05) is 67.8 Å². The van der Waals surface area contributed by atoms with Gasteiger partial charge < -0.3 is 9.80 Å². The van der Waals surface area contributed by atoms with Crippen LogP contribution in [0.4, 0.5) is 0 Å². The van der Waals surface area contributed by atoms with E-state index in [4.69, 9.17) is 0 Å². The first-order chi connectivity index (χ1) is 15.9. The fraction of sp³-hybridized carbons (Fsp3) is 0.517. The van der Waals surface area contributed by atoms with E-state index in [9.17, 15) is 9.59 Å². The third kappa shape index (κ3) is 5.00. The van der Waals surface area contributed by atoms with Crippen molar-refractivity contribution in [2.75, 3.05) is 27.2 Å². The van der Waals surface area contributed by atoms with Crippen molar-refractivity contribution in [2.24, 2.45) is 11.3 Å². The number of hydrogen-bond donors (Lipinski definition) is 0. The molecule has 0 aromatic heterocycles. The largest absolute Gasteiger partial charge is 0.348 e. The van der Waals surface area contributed by atoms with Gasteiger partial charge >= 0.3 is 0 Å². The highest BCUT2D eigenvalue weighted by molar-refractivity contribution is 5.84. The van der Waals surface area contributed by atoms with Crippen LogP contribution in [0.5, 0.6) is 0 Å². The Morgan fingerprint density at radius 2 is 1.52 bits per heavy atom. The predicted molar refractivity (Wildman–Crippen MR) is 134 cm³/mol. The molecule has 0 radical (unpaired) electrons. The van der Waals surface area contributed by atoms with Crippen LogP contribution in [-0.2, 0) is 16.0 Å². The van der Waals surface area contributed by atoms with E-state index in [2.05, 4.69) is 55.5 Å². The van der Waals surface area contributed by atoms with Gasteiger partial charge in [0.2, 0.25) is 11.8 Å². The molecule has 0 spiro atoms. The molecule has 1 saturated carbocycles. The van der Waals surface area contributed by atoms with Gasteiger partial charge in [0.15, 0.2) is 0 Å². The van der Waals surface area contributed by atoms with Gasteiger partial charge in [0.05, 0.1) is 5.41 Å². The summed E-state index contributed by atoms with van der Waals surface area (Å²) in [5.74, 6) is 0.699. The molecular weight excluding hydrogens is 408 g/mol. The fourth-order valence-corrected chi connectivity index (χ4v) is 5.88. The van der Waals surface area contributed by atoms with Crippen LogP contribution < -0.4 is 0 Å². The molecule has 4 rings (SSSR count). The van der Waals surface area contributed by atoms with E-state index < -0.39 is 5.41 Å². The summed E-state index contributed by atoms with van der Waals surface area (Å²) in [4.78, 5) is 30.5. The molecule has 2 aliphatic rings. The Balaban J connectivity index is 1.58. The maximum absolute atomic E-state index is 13.5. The highest BCUT2D eigenvalue weighted by Gasteiger charge is 2.44. The molecule has 4 nitrogen and oxygen atoms in total. The molecule has 4 heteroatoms. The van der Waals surface area contributed by atoms with Crippen LogP contribution in [0.3, 0.4) is 0 Å². The van der Waals surface area contributed by atoms with Crippen LogP contribution in [0.15, 0.2) is 48.5 Å². The van der Waals surface area contributed by atoms with Crippen molar-refractivity contribution in [1.29, 1.82) is 0 Å².